The van der Waals surface area contributed by atoms with Gasteiger partial charge in [-0.1, -0.05) is 22.9 Å². The fraction of sp³-hybridized carbons (Fsp3) is 0.368. The lowest BCUT2D eigenvalue weighted by atomic mass is 9.97. The molecule has 3 unspecified atom stereocenters. The topological polar surface area (TPSA) is 141 Å². The van der Waals surface area contributed by atoms with Crippen LogP contribution in [0.25, 0.3) is 11.4 Å². The van der Waals surface area contributed by atoms with E-state index >= 15 is 0 Å². The van der Waals surface area contributed by atoms with Crippen molar-refractivity contribution in [2.75, 3.05) is 19.5 Å². The molecule has 162 valence electrons. The van der Waals surface area contributed by atoms with Crippen LogP contribution in [0.15, 0.2) is 34.9 Å². The number of aliphatic hydroxyl groups is 2. The smallest absolute Gasteiger partial charge is 0.180 e. The number of rotatable bonds is 6. The lowest BCUT2D eigenvalue weighted by Crippen LogP contribution is -2.55. The van der Waals surface area contributed by atoms with Gasteiger partial charge in [-0.05, 0) is 6.07 Å². The van der Waals surface area contributed by atoms with Gasteiger partial charge in [0.15, 0.2) is 5.13 Å². The van der Waals surface area contributed by atoms with Gasteiger partial charge in [0.05, 0.1) is 12.8 Å². The van der Waals surface area contributed by atoms with E-state index < -0.39 is 29.8 Å². The maximum Gasteiger partial charge on any atom is 0.180 e. The highest BCUT2D eigenvalue weighted by Gasteiger charge is 2.47. The third-order valence-corrected chi connectivity index (χ3v) is 6.61. The van der Waals surface area contributed by atoms with Gasteiger partial charge >= 0.3 is 0 Å². The second-order valence-electron chi connectivity index (χ2n) is 6.73. The second-order valence-corrected chi connectivity index (χ2v) is 8.79. The molecule has 1 fully saturated rings. The molecule has 4 heterocycles. The minimum Gasteiger partial charge on any atom is -0.394 e. The van der Waals surface area contributed by atoms with Crippen molar-refractivity contribution in [1.29, 1.82) is 0 Å². The molecule has 12 heteroatoms. The third-order valence-electron chi connectivity index (χ3n) is 4.83. The number of terminal acetylenes is 1. The normalized spacial score (nSPS) is 25.9. The third kappa shape index (κ3) is 4.42. The molecule has 4 rings (SSSR count). The molecule has 0 aliphatic carbocycles. The van der Waals surface area contributed by atoms with Crippen molar-refractivity contribution in [2.24, 2.45) is 0 Å². The summed E-state index contributed by atoms with van der Waals surface area (Å²) in [7, 11) is 1.52. The van der Waals surface area contributed by atoms with Crippen LogP contribution in [0.4, 0.5) is 5.13 Å². The molecule has 0 aromatic carbocycles. The van der Waals surface area contributed by atoms with Crippen LogP contribution in [0, 0.1) is 12.3 Å². The Hall–Kier alpha value is -2.53. The number of aliphatic hydroxyl groups excluding tert-OH is 2. The van der Waals surface area contributed by atoms with Crippen LogP contribution in [0.1, 0.15) is 11.6 Å². The molecular weight excluding hydrogens is 440 g/mol. The van der Waals surface area contributed by atoms with Gasteiger partial charge in [0.1, 0.15) is 41.2 Å². The number of hydrogen-bond donors (Lipinski definition) is 3. The van der Waals surface area contributed by atoms with Gasteiger partial charge in [0.2, 0.25) is 0 Å². The number of anilines is 1. The average molecular weight is 461 g/mol. The SMILES string of the molecule is C#Cc1cncc(S[C@H]2OC(CO)[C@H](O)C(n3cc(-c4csc(N)n4)nn3)C2OC)c1. The van der Waals surface area contributed by atoms with Gasteiger partial charge in [0.25, 0.3) is 0 Å². The fourth-order valence-electron chi connectivity index (χ4n) is 3.35. The van der Waals surface area contributed by atoms with Crippen LogP contribution in [-0.4, -0.2) is 72.6 Å². The number of nitrogens with two attached hydrogens (primary N) is 1. The number of hydrogen-bond acceptors (Lipinski definition) is 11. The molecule has 3 aromatic rings. The van der Waals surface area contributed by atoms with Gasteiger partial charge in [-0.25, -0.2) is 9.67 Å². The zero-order valence-electron chi connectivity index (χ0n) is 16.4. The van der Waals surface area contributed by atoms with Crippen molar-refractivity contribution in [3.8, 4) is 23.7 Å². The second kappa shape index (κ2) is 9.31. The first-order chi connectivity index (χ1) is 15.0. The summed E-state index contributed by atoms with van der Waals surface area (Å²) in [6.45, 7) is -0.377. The fourth-order valence-corrected chi connectivity index (χ4v) is 5.10. The van der Waals surface area contributed by atoms with Crippen LogP contribution in [0.5, 0.6) is 0 Å². The molecule has 0 spiro atoms. The molecule has 0 saturated carbocycles. The number of ether oxygens (including phenoxy) is 2. The van der Waals surface area contributed by atoms with Gasteiger partial charge in [0, 0.05) is 35.3 Å². The van der Waals surface area contributed by atoms with E-state index in [0.717, 1.165) is 4.90 Å². The Balaban J connectivity index is 1.65. The van der Waals surface area contributed by atoms with Crippen molar-refractivity contribution in [3.63, 3.8) is 0 Å². The number of nitrogen functional groups attached to an aromatic ring is 1. The Labute approximate surface area is 186 Å². The number of pyridine rings is 1. The summed E-state index contributed by atoms with van der Waals surface area (Å²) >= 11 is 2.63. The Kier molecular flexibility index (Phi) is 6.51. The van der Waals surface area contributed by atoms with E-state index in [2.05, 4.69) is 26.2 Å². The quantitative estimate of drug-likeness (QED) is 0.452. The Morgan fingerprint density at radius 2 is 2.26 bits per heavy atom. The molecule has 10 nitrogen and oxygen atoms in total. The first-order valence-electron chi connectivity index (χ1n) is 9.22. The molecule has 0 amide bonds. The summed E-state index contributed by atoms with van der Waals surface area (Å²) in [6, 6.07) is 1.14. The predicted octanol–water partition coefficient (Wildman–Crippen LogP) is 0.787. The number of methoxy groups -OCH3 is 1. The number of thioether (sulfide) groups is 1. The van der Waals surface area contributed by atoms with E-state index in [4.69, 9.17) is 21.6 Å². The first kappa shape index (κ1) is 21.7. The van der Waals surface area contributed by atoms with Crippen LogP contribution in [0.2, 0.25) is 0 Å². The van der Waals surface area contributed by atoms with E-state index in [0.29, 0.717) is 22.1 Å². The molecular formula is C19H20N6O4S2. The summed E-state index contributed by atoms with van der Waals surface area (Å²) in [6.07, 6.45) is 7.83. The highest BCUT2D eigenvalue weighted by atomic mass is 32.2. The zero-order chi connectivity index (χ0) is 22.0. The van der Waals surface area contributed by atoms with Crippen molar-refractivity contribution >= 4 is 28.2 Å². The Morgan fingerprint density at radius 1 is 1.42 bits per heavy atom. The van der Waals surface area contributed by atoms with Crippen molar-refractivity contribution < 1.29 is 19.7 Å². The van der Waals surface area contributed by atoms with Crippen LogP contribution in [0.3, 0.4) is 0 Å². The standard InChI is InChI=1S/C19H20N6O4S2/c1-3-10-4-11(6-21-5-10)31-18-17(28-2)15(16(27)14(8-26)29-18)25-7-12(23-24-25)13-9-30-19(20)22-13/h1,4-7,9,14-18,26-27H,8H2,2H3,(H2,20,22)/t14?,15?,16-,17?,18+/m0/s1. The van der Waals surface area contributed by atoms with Gasteiger partial charge in [-0.2, -0.15) is 0 Å². The molecule has 31 heavy (non-hydrogen) atoms. The van der Waals surface area contributed by atoms with E-state index in [9.17, 15) is 10.2 Å². The van der Waals surface area contributed by atoms with Crippen molar-refractivity contribution in [2.45, 2.75) is 34.7 Å². The summed E-state index contributed by atoms with van der Waals surface area (Å²) in [5.41, 5.74) is 6.86. The summed E-state index contributed by atoms with van der Waals surface area (Å²) in [4.78, 5) is 9.12. The monoisotopic (exact) mass is 460 g/mol. The van der Waals surface area contributed by atoms with E-state index in [1.54, 1.807) is 24.0 Å². The molecule has 1 aliphatic rings. The van der Waals surface area contributed by atoms with Crippen LogP contribution >= 0.6 is 23.1 Å². The minimum absolute atomic E-state index is 0.377. The van der Waals surface area contributed by atoms with Crippen molar-refractivity contribution in [1.82, 2.24) is 25.0 Å². The van der Waals surface area contributed by atoms with E-state index in [1.165, 1.54) is 34.9 Å². The number of nitrogens with zero attached hydrogens (tertiary/aromatic N) is 5. The highest BCUT2D eigenvalue weighted by molar-refractivity contribution is 7.99. The van der Waals surface area contributed by atoms with E-state index in [1.807, 2.05) is 6.07 Å². The van der Waals surface area contributed by atoms with Gasteiger partial charge in [-0.15, -0.1) is 22.9 Å². The maximum absolute atomic E-state index is 10.9. The predicted molar refractivity (Wildman–Crippen MR) is 115 cm³/mol. The Bertz CT molecular complexity index is 1080. The molecule has 3 aromatic heterocycles. The Morgan fingerprint density at radius 3 is 2.94 bits per heavy atom. The minimum atomic E-state index is -1.09. The number of aromatic nitrogens is 5. The zero-order valence-corrected chi connectivity index (χ0v) is 18.0. The van der Waals surface area contributed by atoms with Gasteiger partial charge < -0.3 is 25.4 Å². The maximum atomic E-state index is 10.9. The lowest BCUT2D eigenvalue weighted by molar-refractivity contribution is -0.186. The molecule has 1 saturated heterocycles. The van der Waals surface area contributed by atoms with Crippen LogP contribution in [-0.2, 0) is 9.47 Å². The molecule has 0 radical (unpaired) electrons. The van der Waals surface area contributed by atoms with E-state index in [-0.39, 0.29) is 6.61 Å². The summed E-state index contributed by atoms with van der Waals surface area (Å²) in [5.74, 6) is 2.55. The average Bonchev–Trinajstić information content (AvgIpc) is 3.43. The molecule has 5 atom stereocenters. The van der Waals surface area contributed by atoms with Crippen LogP contribution < -0.4 is 5.73 Å². The lowest BCUT2D eigenvalue weighted by Gasteiger charge is -2.43. The number of thiazole rings is 1. The molecule has 0 bridgehead atoms. The highest BCUT2D eigenvalue weighted by Crippen LogP contribution is 2.39. The summed E-state index contributed by atoms with van der Waals surface area (Å²) < 4.78 is 13.2. The molecule has 4 N–H and O–H groups in total. The van der Waals surface area contributed by atoms with Crippen molar-refractivity contribution in [3.05, 3.63) is 35.6 Å². The summed E-state index contributed by atoms with van der Waals surface area (Å²) in [5, 5.41) is 31.2. The molecule has 1 aliphatic heterocycles. The first-order valence-corrected chi connectivity index (χ1v) is 11.0. The largest absolute Gasteiger partial charge is 0.394 e. The van der Waals surface area contributed by atoms with Gasteiger partial charge in [-0.3, -0.25) is 4.98 Å².